The van der Waals surface area contributed by atoms with Crippen molar-refractivity contribution in [1.29, 1.82) is 0 Å². The van der Waals surface area contributed by atoms with Gasteiger partial charge in [0.1, 0.15) is 12.1 Å². The van der Waals surface area contributed by atoms with Crippen molar-refractivity contribution in [2.24, 2.45) is 0 Å². The van der Waals surface area contributed by atoms with E-state index in [0.29, 0.717) is 29.7 Å². The highest BCUT2D eigenvalue weighted by atomic mass is 16.7. The molecule has 33 heavy (non-hydrogen) atoms. The molecule has 1 N–H and O–H groups in total. The van der Waals surface area contributed by atoms with E-state index in [1.807, 2.05) is 18.2 Å². The van der Waals surface area contributed by atoms with Crippen molar-refractivity contribution >= 4 is 22.4 Å². The van der Waals surface area contributed by atoms with E-state index in [9.17, 15) is 0 Å². The van der Waals surface area contributed by atoms with Crippen molar-refractivity contribution < 1.29 is 18.9 Å². The second kappa shape index (κ2) is 9.29. The molecule has 9 nitrogen and oxygen atoms in total. The zero-order valence-electron chi connectivity index (χ0n) is 19.3. The largest absolute Gasteiger partial charge is 0.493 e. The smallest absolute Gasteiger partial charge is 0.231 e. The second-order valence-corrected chi connectivity index (χ2v) is 8.44. The number of nitrogens with one attached hydrogen (secondary N) is 1. The van der Waals surface area contributed by atoms with E-state index in [-0.39, 0.29) is 6.79 Å². The van der Waals surface area contributed by atoms with Gasteiger partial charge < -0.3 is 34.1 Å². The van der Waals surface area contributed by atoms with Crippen LogP contribution in [-0.4, -0.2) is 74.0 Å². The minimum absolute atomic E-state index is 0.202. The molecule has 0 radical (unpaired) electrons. The summed E-state index contributed by atoms with van der Waals surface area (Å²) in [4.78, 5) is 13.6. The lowest BCUT2D eigenvalue weighted by Crippen LogP contribution is -2.31. The number of likely N-dealkylation sites (N-methyl/N-ethyl adjacent to an activating group) is 2. The van der Waals surface area contributed by atoms with Crippen molar-refractivity contribution in [2.75, 3.05) is 59.6 Å². The predicted molar refractivity (Wildman–Crippen MR) is 126 cm³/mol. The molecular weight excluding hydrogens is 422 g/mol. The van der Waals surface area contributed by atoms with Crippen molar-refractivity contribution in [2.45, 2.75) is 13.0 Å². The van der Waals surface area contributed by atoms with Gasteiger partial charge in [-0.3, -0.25) is 0 Å². The van der Waals surface area contributed by atoms with E-state index in [1.54, 1.807) is 13.4 Å². The first-order chi connectivity index (χ1) is 16.1. The summed E-state index contributed by atoms with van der Waals surface area (Å²) in [5.41, 5.74) is 2.73. The molecule has 0 saturated heterocycles. The van der Waals surface area contributed by atoms with Crippen LogP contribution in [0.25, 0.3) is 10.9 Å². The van der Waals surface area contributed by atoms with Crippen LogP contribution in [0.3, 0.4) is 0 Å². The molecule has 0 unspecified atom stereocenters. The zero-order chi connectivity index (χ0) is 22.8. The number of nitrogens with zero attached hydrogens (tertiary/aromatic N) is 4. The number of benzene rings is 2. The summed E-state index contributed by atoms with van der Waals surface area (Å²) in [5, 5.41) is 4.36. The first-order valence-electron chi connectivity index (χ1n) is 11.1. The number of fused-ring (bicyclic) bond motifs is 4. The fourth-order valence-corrected chi connectivity index (χ4v) is 4.18. The van der Waals surface area contributed by atoms with Gasteiger partial charge in [0, 0.05) is 37.6 Å². The van der Waals surface area contributed by atoms with E-state index < -0.39 is 0 Å². The number of ether oxygens (including phenoxy) is 4. The molecule has 2 aliphatic heterocycles. The zero-order valence-corrected chi connectivity index (χ0v) is 19.3. The van der Waals surface area contributed by atoms with Gasteiger partial charge in [-0.2, -0.15) is 0 Å². The first-order valence-corrected chi connectivity index (χ1v) is 11.1. The van der Waals surface area contributed by atoms with Crippen LogP contribution in [0, 0.1) is 0 Å². The Labute approximate surface area is 193 Å². The number of hydrogen-bond donors (Lipinski definition) is 1. The third-order valence-corrected chi connectivity index (χ3v) is 6.04. The molecule has 0 fully saturated rings. The Balaban J connectivity index is 1.62. The maximum atomic E-state index is 6.11. The summed E-state index contributed by atoms with van der Waals surface area (Å²) in [6, 6.07) is 7.88. The van der Waals surface area contributed by atoms with Crippen LogP contribution in [0.2, 0.25) is 0 Å². The van der Waals surface area contributed by atoms with Gasteiger partial charge in [-0.1, -0.05) is 6.07 Å². The van der Waals surface area contributed by atoms with Crippen molar-refractivity contribution in [3.63, 3.8) is 0 Å². The number of anilines is 2. The normalized spacial score (nSPS) is 17.4. The molecule has 0 aliphatic carbocycles. The van der Waals surface area contributed by atoms with Crippen LogP contribution >= 0.6 is 0 Å². The van der Waals surface area contributed by atoms with E-state index in [2.05, 4.69) is 45.2 Å². The Bertz CT molecular complexity index is 1160. The summed E-state index contributed by atoms with van der Waals surface area (Å²) in [6.45, 7) is 4.42. The molecule has 9 heteroatoms. The molecule has 5 rings (SSSR count). The Hall–Kier alpha value is -3.30. The number of hydrogen-bond acceptors (Lipinski definition) is 9. The maximum absolute atomic E-state index is 6.11. The molecule has 1 aromatic heterocycles. The van der Waals surface area contributed by atoms with Crippen LogP contribution in [0.5, 0.6) is 23.0 Å². The standard InChI is InChI=1S/C24H29N5O4/c1-28-7-4-10-31-21-11-17-18(12-20(21)30-3)25-14-26-24(17)27-22-16(13-29(2)9-8-28)5-6-19-23(22)33-15-32-19/h5-6,11-12,14H,4,7-10,13,15H2,1-3H3,(H,25,26,27). The molecule has 3 aromatic rings. The molecule has 3 heterocycles. The van der Waals surface area contributed by atoms with Crippen LogP contribution in [0.15, 0.2) is 30.6 Å². The fraction of sp³-hybridized carbons (Fsp3) is 0.417. The topological polar surface area (TPSA) is 81.2 Å². The first kappa shape index (κ1) is 21.5. The fourth-order valence-electron chi connectivity index (χ4n) is 4.18. The van der Waals surface area contributed by atoms with Gasteiger partial charge in [0.2, 0.25) is 6.79 Å². The molecule has 0 spiro atoms. The van der Waals surface area contributed by atoms with Gasteiger partial charge in [0.05, 0.1) is 24.9 Å². The summed E-state index contributed by atoms with van der Waals surface area (Å²) in [6.07, 6.45) is 2.47. The van der Waals surface area contributed by atoms with Crippen LogP contribution in [0.1, 0.15) is 12.0 Å². The number of aromatic nitrogens is 2. The Kier molecular flexibility index (Phi) is 6.06. The van der Waals surface area contributed by atoms with Gasteiger partial charge in [0.15, 0.2) is 23.0 Å². The highest BCUT2D eigenvalue weighted by Gasteiger charge is 2.23. The highest BCUT2D eigenvalue weighted by molar-refractivity contribution is 5.94. The lowest BCUT2D eigenvalue weighted by molar-refractivity contribution is 0.174. The molecule has 0 atom stereocenters. The summed E-state index contributed by atoms with van der Waals surface area (Å²) >= 11 is 0. The van der Waals surface area contributed by atoms with Gasteiger partial charge >= 0.3 is 0 Å². The van der Waals surface area contributed by atoms with E-state index in [0.717, 1.165) is 60.5 Å². The van der Waals surface area contributed by atoms with E-state index in [4.69, 9.17) is 18.9 Å². The molecular formula is C24H29N5O4. The molecule has 2 bridgehead atoms. The molecule has 2 aliphatic rings. The lowest BCUT2D eigenvalue weighted by atomic mass is 10.1. The van der Waals surface area contributed by atoms with Gasteiger partial charge in [-0.05, 0) is 38.2 Å². The van der Waals surface area contributed by atoms with Gasteiger partial charge in [0.25, 0.3) is 0 Å². The van der Waals surface area contributed by atoms with Crippen LogP contribution in [0.4, 0.5) is 11.5 Å². The Morgan fingerprint density at radius 2 is 1.85 bits per heavy atom. The quantitative estimate of drug-likeness (QED) is 0.599. The molecule has 0 saturated carbocycles. The third kappa shape index (κ3) is 4.46. The monoisotopic (exact) mass is 451 g/mol. The molecule has 0 amide bonds. The predicted octanol–water partition coefficient (Wildman–Crippen LogP) is 3.26. The summed E-state index contributed by atoms with van der Waals surface area (Å²) in [7, 11) is 5.92. The molecule has 174 valence electrons. The second-order valence-electron chi connectivity index (χ2n) is 8.44. The number of rotatable bonds is 1. The summed E-state index contributed by atoms with van der Waals surface area (Å²) in [5.74, 6) is 3.43. The average Bonchev–Trinajstić information content (AvgIpc) is 3.30. The Morgan fingerprint density at radius 3 is 2.73 bits per heavy atom. The van der Waals surface area contributed by atoms with E-state index in [1.165, 1.54) is 0 Å². The minimum Gasteiger partial charge on any atom is -0.493 e. The summed E-state index contributed by atoms with van der Waals surface area (Å²) < 4.78 is 23.2. The molecule has 2 aromatic carbocycles. The number of methoxy groups -OCH3 is 1. The van der Waals surface area contributed by atoms with Crippen LogP contribution in [-0.2, 0) is 6.54 Å². The van der Waals surface area contributed by atoms with Gasteiger partial charge in [-0.15, -0.1) is 0 Å². The minimum atomic E-state index is 0.202. The SMILES string of the molecule is COc1cc2ncnc3c2cc1OCCCN(C)CCN(C)Cc1ccc2c(c1N3)OCO2. The highest BCUT2D eigenvalue weighted by Crippen LogP contribution is 2.44. The maximum Gasteiger partial charge on any atom is 0.231 e. The van der Waals surface area contributed by atoms with E-state index >= 15 is 0 Å². The van der Waals surface area contributed by atoms with Crippen molar-refractivity contribution in [3.05, 3.63) is 36.2 Å². The van der Waals surface area contributed by atoms with Crippen LogP contribution < -0.4 is 24.3 Å². The Morgan fingerprint density at radius 1 is 0.970 bits per heavy atom. The van der Waals surface area contributed by atoms with Crippen molar-refractivity contribution in [1.82, 2.24) is 19.8 Å². The van der Waals surface area contributed by atoms with Crippen molar-refractivity contribution in [3.8, 4) is 23.0 Å². The van der Waals surface area contributed by atoms with Gasteiger partial charge in [-0.25, -0.2) is 9.97 Å². The average molecular weight is 452 g/mol. The lowest BCUT2D eigenvalue weighted by Gasteiger charge is -2.24. The third-order valence-electron chi connectivity index (χ3n) is 6.04.